The number of nitrogens with one attached hydrogen (secondary N) is 1. The zero-order valence-electron chi connectivity index (χ0n) is 16.7. The van der Waals surface area contributed by atoms with Gasteiger partial charge in [-0.15, -0.1) is 10.2 Å². The van der Waals surface area contributed by atoms with Crippen molar-refractivity contribution in [2.75, 3.05) is 16.9 Å². The largest absolute Gasteiger partial charge is 0.486 e. The number of nitrogens with zero attached hydrogens (tertiary/aromatic N) is 3. The van der Waals surface area contributed by atoms with Gasteiger partial charge in [-0.3, -0.25) is 4.79 Å². The van der Waals surface area contributed by atoms with E-state index in [9.17, 15) is 18.0 Å². The molecule has 1 heterocycles. The van der Waals surface area contributed by atoms with Crippen molar-refractivity contribution in [2.24, 2.45) is 0 Å². The quantitative estimate of drug-likeness (QED) is 0.417. The number of nitrogen functional groups attached to an aromatic ring is 1. The summed E-state index contributed by atoms with van der Waals surface area (Å²) in [5.41, 5.74) is 1.34. The molecule has 0 aliphatic carbocycles. The zero-order valence-corrected chi connectivity index (χ0v) is 17.5. The van der Waals surface area contributed by atoms with Gasteiger partial charge in [0.05, 0.1) is 11.3 Å². The SMILES string of the molecule is Cc1cc(C)cc(OCc2nnc(SCC(=O)Nc3cccc(C(F)(F)F)c3)n2N)c1. The van der Waals surface area contributed by atoms with Gasteiger partial charge in [0.2, 0.25) is 11.1 Å². The highest BCUT2D eigenvalue weighted by Crippen LogP contribution is 2.30. The first-order valence-corrected chi connectivity index (χ1v) is 10.1. The van der Waals surface area contributed by atoms with E-state index in [1.165, 1.54) is 16.8 Å². The molecular formula is C20H20F3N5O2S. The van der Waals surface area contributed by atoms with Crippen molar-refractivity contribution in [2.45, 2.75) is 31.8 Å². The molecule has 7 nitrogen and oxygen atoms in total. The third-order valence-corrected chi connectivity index (χ3v) is 5.05. The third kappa shape index (κ3) is 6.14. The first-order chi connectivity index (χ1) is 14.6. The van der Waals surface area contributed by atoms with Crippen LogP contribution in [0.5, 0.6) is 5.75 Å². The number of anilines is 1. The first kappa shape index (κ1) is 22.5. The maximum Gasteiger partial charge on any atom is 0.416 e. The summed E-state index contributed by atoms with van der Waals surface area (Å²) in [7, 11) is 0. The lowest BCUT2D eigenvalue weighted by Crippen LogP contribution is -2.18. The predicted octanol–water partition coefficient (Wildman–Crippen LogP) is 3.94. The van der Waals surface area contributed by atoms with E-state index in [0.717, 1.165) is 35.0 Å². The molecule has 0 aliphatic heterocycles. The molecule has 11 heteroatoms. The number of hydrogen-bond donors (Lipinski definition) is 2. The van der Waals surface area contributed by atoms with Gasteiger partial charge in [0.25, 0.3) is 0 Å². The highest BCUT2D eigenvalue weighted by molar-refractivity contribution is 7.99. The van der Waals surface area contributed by atoms with Crippen LogP contribution in [0.1, 0.15) is 22.5 Å². The summed E-state index contributed by atoms with van der Waals surface area (Å²) in [6, 6.07) is 10.2. The average Bonchev–Trinajstić information content (AvgIpc) is 3.03. The van der Waals surface area contributed by atoms with Gasteiger partial charge in [-0.25, -0.2) is 4.68 Å². The Bertz CT molecular complexity index is 1060. The Labute approximate surface area is 180 Å². The van der Waals surface area contributed by atoms with Crippen molar-refractivity contribution in [1.82, 2.24) is 14.9 Å². The van der Waals surface area contributed by atoms with Crippen molar-refractivity contribution in [1.29, 1.82) is 0 Å². The summed E-state index contributed by atoms with van der Waals surface area (Å²) in [4.78, 5) is 12.1. The molecule has 0 bridgehead atoms. The minimum atomic E-state index is -4.49. The highest BCUT2D eigenvalue weighted by atomic mass is 32.2. The molecule has 0 aliphatic rings. The molecule has 0 atom stereocenters. The van der Waals surface area contributed by atoms with Crippen LogP contribution in [-0.4, -0.2) is 26.5 Å². The summed E-state index contributed by atoms with van der Waals surface area (Å²) in [6.45, 7) is 4.01. The van der Waals surface area contributed by atoms with Crippen LogP contribution in [-0.2, 0) is 17.6 Å². The summed E-state index contributed by atoms with van der Waals surface area (Å²) in [5.74, 6) is 6.40. The van der Waals surface area contributed by atoms with E-state index >= 15 is 0 Å². The number of amides is 1. The number of aryl methyl sites for hydroxylation is 2. The minimum Gasteiger partial charge on any atom is -0.486 e. The van der Waals surface area contributed by atoms with E-state index < -0.39 is 17.6 Å². The monoisotopic (exact) mass is 451 g/mol. The number of ether oxygens (including phenoxy) is 1. The Morgan fingerprint density at radius 3 is 2.55 bits per heavy atom. The highest BCUT2D eigenvalue weighted by Gasteiger charge is 2.30. The Hall–Kier alpha value is -3.21. The normalized spacial score (nSPS) is 11.4. The van der Waals surface area contributed by atoms with E-state index in [-0.39, 0.29) is 23.2 Å². The van der Waals surface area contributed by atoms with E-state index in [2.05, 4.69) is 15.5 Å². The van der Waals surface area contributed by atoms with Crippen molar-refractivity contribution in [3.8, 4) is 5.75 Å². The molecule has 1 amide bonds. The van der Waals surface area contributed by atoms with Crippen LogP contribution in [0.15, 0.2) is 47.6 Å². The molecule has 2 aromatic carbocycles. The summed E-state index contributed by atoms with van der Waals surface area (Å²) in [5, 5.41) is 10.6. The second kappa shape index (κ2) is 9.29. The van der Waals surface area contributed by atoms with Gasteiger partial charge in [-0.05, 0) is 55.3 Å². The second-order valence-electron chi connectivity index (χ2n) is 6.80. The van der Waals surface area contributed by atoms with E-state index in [1.54, 1.807) is 0 Å². The van der Waals surface area contributed by atoms with Crippen molar-refractivity contribution >= 4 is 23.4 Å². The van der Waals surface area contributed by atoms with Crippen molar-refractivity contribution in [3.05, 3.63) is 65.0 Å². The molecule has 0 unspecified atom stereocenters. The smallest absolute Gasteiger partial charge is 0.416 e. The topological polar surface area (TPSA) is 95.1 Å². The summed E-state index contributed by atoms with van der Waals surface area (Å²) in [6.07, 6.45) is -4.49. The van der Waals surface area contributed by atoms with E-state index in [0.29, 0.717) is 11.6 Å². The van der Waals surface area contributed by atoms with Crippen LogP contribution in [0.4, 0.5) is 18.9 Å². The fraction of sp³-hybridized carbons (Fsp3) is 0.250. The van der Waals surface area contributed by atoms with Crippen LogP contribution in [0.25, 0.3) is 0 Å². The Balaban J connectivity index is 1.55. The van der Waals surface area contributed by atoms with Gasteiger partial charge in [0.1, 0.15) is 12.4 Å². The second-order valence-corrected chi connectivity index (χ2v) is 7.74. The fourth-order valence-electron chi connectivity index (χ4n) is 2.77. The number of rotatable bonds is 7. The van der Waals surface area contributed by atoms with Crippen LogP contribution < -0.4 is 15.9 Å². The Kier molecular flexibility index (Phi) is 6.74. The van der Waals surface area contributed by atoms with Gasteiger partial charge in [-0.1, -0.05) is 23.9 Å². The van der Waals surface area contributed by atoms with Gasteiger partial charge in [0.15, 0.2) is 5.82 Å². The molecule has 0 saturated carbocycles. The standard InChI is InChI=1S/C20H20F3N5O2S/c1-12-6-13(2)8-16(7-12)30-10-17-26-27-19(28(17)24)31-11-18(29)25-15-5-3-4-14(9-15)20(21,22)23/h3-9H,10-11,24H2,1-2H3,(H,25,29). The number of aromatic nitrogens is 3. The van der Waals surface area contributed by atoms with Crippen LogP contribution in [0.2, 0.25) is 0 Å². The van der Waals surface area contributed by atoms with Gasteiger partial charge in [-0.2, -0.15) is 13.2 Å². The molecule has 0 fully saturated rings. The zero-order chi connectivity index (χ0) is 22.6. The van der Waals surface area contributed by atoms with Gasteiger partial charge in [0, 0.05) is 5.69 Å². The molecule has 31 heavy (non-hydrogen) atoms. The van der Waals surface area contributed by atoms with Crippen LogP contribution in [0, 0.1) is 13.8 Å². The molecule has 0 spiro atoms. The molecule has 0 radical (unpaired) electrons. The number of benzene rings is 2. The van der Waals surface area contributed by atoms with Crippen molar-refractivity contribution in [3.63, 3.8) is 0 Å². The molecule has 3 rings (SSSR count). The molecule has 1 aromatic heterocycles. The maximum atomic E-state index is 12.8. The minimum absolute atomic E-state index is 0.0529. The maximum absolute atomic E-state index is 12.8. The molecule has 3 aromatic rings. The number of alkyl halides is 3. The Morgan fingerprint density at radius 2 is 1.87 bits per heavy atom. The Morgan fingerprint density at radius 1 is 1.16 bits per heavy atom. The lowest BCUT2D eigenvalue weighted by Gasteiger charge is -2.10. The number of hydrogen-bond acceptors (Lipinski definition) is 6. The molecule has 3 N–H and O–H groups in total. The number of carbonyl (C=O) groups is 1. The van der Waals surface area contributed by atoms with E-state index in [1.807, 2.05) is 32.0 Å². The van der Waals surface area contributed by atoms with E-state index in [4.69, 9.17) is 10.6 Å². The fourth-order valence-corrected chi connectivity index (χ4v) is 3.44. The lowest BCUT2D eigenvalue weighted by atomic mass is 10.1. The average molecular weight is 451 g/mol. The third-order valence-electron chi connectivity index (χ3n) is 4.10. The molecule has 164 valence electrons. The predicted molar refractivity (Wildman–Crippen MR) is 111 cm³/mol. The summed E-state index contributed by atoms with van der Waals surface area (Å²) >= 11 is 1.01. The lowest BCUT2D eigenvalue weighted by molar-refractivity contribution is -0.137. The van der Waals surface area contributed by atoms with Gasteiger partial charge < -0.3 is 15.9 Å². The number of nitrogens with two attached hydrogens (primary N) is 1. The van der Waals surface area contributed by atoms with Crippen LogP contribution >= 0.6 is 11.8 Å². The van der Waals surface area contributed by atoms with Gasteiger partial charge >= 0.3 is 6.18 Å². The van der Waals surface area contributed by atoms with Crippen molar-refractivity contribution < 1.29 is 22.7 Å². The molecule has 0 saturated heterocycles. The number of halogens is 3. The number of carbonyl (C=O) groups excluding carboxylic acids is 1. The number of thioether (sulfide) groups is 1. The van der Waals surface area contributed by atoms with Crippen LogP contribution in [0.3, 0.4) is 0 Å². The summed E-state index contributed by atoms with van der Waals surface area (Å²) < 4.78 is 45.2. The molecular weight excluding hydrogens is 431 g/mol. The first-order valence-electron chi connectivity index (χ1n) is 9.12.